The average molecular weight is 305 g/mol. The molecule has 0 radical (unpaired) electrons. The first-order valence-electron chi connectivity index (χ1n) is 7.43. The van der Waals surface area contributed by atoms with Gasteiger partial charge in [0.2, 0.25) is 5.79 Å². The topological polar surface area (TPSA) is 48.4 Å². The Morgan fingerprint density at radius 2 is 1.74 bits per heavy atom. The summed E-state index contributed by atoms with van der Waals surface area (Å²) in [6.07, 6.45) is 1.51. The molecule has 4 rings (SSSR count). The fraction of sp³-hybridized carbons (Fsp3) is 0.158. The molecule has 1 aliphatic heterocycles. The van der Waals surface area contributed by atoms with Crippen LogP contribution in [0.5, 0.6) is 5.75 Å². The highest BCUT2D eigenvalue weighted by atomic mass is 16.7. The molecule has 0 fully saturated rings. The summed E-state index contributed by atoms with van der Waals surface area (Å²) in [5.74, 6) is -0.871. The Labute approximate surface area is 133 Å². The van der Waals surface area contributed by atoms with Crippen LogP contribution < -0.4 is 4.74 Å². The van der Waals surface area contributed by atoms with Gasteiger partial charge in [-0.3, -0.25) is 4.98 Å². The van der Waals surface area contributed by atoms with Gasteiger partial charge in [0, 0.05) is 31.7 Å². The lowest BCUT2D eigenvalue weighted by Crippen LogP contribution is -2.38. The molecule has 0 aliphatic carbocycles. The first kappa shape index (κ1) is 13.8. The summed E-state index contributed by atoms with van der Waals surface area (Å²) in [4.78, 5) is 16.4. The fourth-order valence-corrected chi connectivity index (χ4v) is 2.75. The number of pyridine rings is 1. The maximum atomic E-state index is 12.0. The van der Waals surface area contributed by atoms with Crippen LogP contribution in [-0.4, -0.2) is 16.7 Å². The SMILES string of the molecule is CC1(C)OC(=O)c2cnc(-c3ccc4ccccc4c3)cc2O1. The number of ether oxygens (including phenoxy) is 2. The van der Waals surface area contributed by atoms with Crippen molar-refractivity contribution in [3.8, 4) is 17.0 Å². The second kappa shape index (κ2) is 4.81. The molecule has 1 aliphatic rings. The predicted octanol–water partition coefficient (Wildman–Crippen LogP) is 4.19. The molecule has 1 aromatic heterocycles. The molecule has 2 heterocycles. The van der Waals surface area contributed by atoms with Crippen molar-refractivity contribution in [2.75, 3.05) is 0 Å². The van der Waals surface area contributed by atoms with E-state index in [9.17, 15) is 4.79 Å². The van der Waals surface area contributed by atoms with E-state index in [2.05, 4.69) is 29.2 Å². The van der Waals surface area contributed by atoms with E-state index in [1.165, 1.54) is 11.6 Å². The second-order valence-electron chi connectivity index (χ2n) is 6.02. The molecular formula is C19H15NO3. The first-order valence-corrected chi connectivity index (χ1v) is 7.43. The fourth-order valence-electron chi connectivity index (χ4n) is 2.75. The highest BCUT2D eigenvalue weighted by Crippen LogP contribution is 2.34. The van der Waals surface area contributed by atoms with E-state index < -0.39 is 11.8 Å². The van der Waals surface area contributed by atoms with Gasteiger partial charge in [0.15, 0.2) is 0 Å². The van der Waals surface area contributed by atoms with Gasteiger partial charge in [0.1, 0.15) is 11.3 Å². The van der Waals surface area contributed by atoms with Crippen molar-refractivity contribution >= 4 is 16.7 Å². The quantitative estimate of drug-likeness (QED) is 0.633. The molecule has 114 valence electrons. The Hall–Kier alpha value is -2.88. The molecule has 4 heteroatoms. The van der Waals surface area contributed by atoms with Gasteiger partial charge in [-0.05, 0) is 16.8 Å². The number of carbonyl (C=O) groups excluding carboxylic acids is 1. The molecule has 0 N–H and O–H groups in total. The van der Waals surface area contributed by atoms with Crippen molar-refractivity contribution in [1.82, 2.24) is 4.98 Å². The minimum Gasteiger partial charge on any atom is -0.452 e. The van der Waals surface area contributed by atoms with Crippen molar-refractivity contribution in [3.63, 3.8) is 0 Å². The van der Waals surface area contributed by atoms with Gasteiger partial charge in [-0.1, -0.05) is 36.4 Å². The van der Waals surface area contributed by atoms with Crippen molar-refractivity contribution in [3.05, 3.63) is 60.3 Å². The van der Waals surface area contributed by atoms with Crippen LogP contribution in [0.25, 0.3) is 22.0 Å². The van der Waals surface area contributed by atoms with E-state index in [0.717, 1.165) is 16.6 Å². The van der Waals surface area contributed by atoms with Crippen LogP contribution in [0.1, 0.15) is 24.2 Å². The van der Waals surface area contributed by atoms with Gasteiger partial charge in [-0.15, -0.1) is 0 Å². The molecular weight excluding hydrogens is 290 g/mol. The van der Waals surface area contributed by atoms with E-state index >= 15 is 0 Å². The minimum absolute atomic E-state index is 0.355. The number of carbonyl (C=O) groups is 1. The van der Waals surface area contributed by atoms with Crippen LogP contribution in [-0.2, 0) is 4.74 Å². The molecule has 0 atom stereocenters. The summed E-state index contributed by atoms with van der Waals surface area (Å²) in [6, 6.07) is 16.1. The number of aromatic nitrogens is 1. The third-order valence-corrected chi connectivity index (χ3v) is 3.83. The summed E-state index contributed by atoms with van der Waals surface area (Å²) in [7, 11) is 0. The lowest BCUT2D eigenvalue weighted by molar-refractivity contribution is -0.127. The molecule has 4 nitrogen and oxygen atoms in total. The average Bonchev–Trinajstić information content (AvgIpc) is 2.52. The summed E-state index contributed by atoms with van der Waals surface area (Å²) in [5, 5.41) is 2.32. The molecule has 0 saturated carbocycles. The number of hydrogen-bond acceptors (Lipinski definition) is 4. The van der Waals surface area contributed by atoms with E-state index in [1.54, 1.807) is 19.9 Å². The van der Waals surface area contributed by atoms with Gasteiger partial charge in [0.25, 0.3) is 0 Å². The maximum absolute atomic E-state index is 12.0. The third-order valence-electron chi connectivity index (χ3n) is 3.83. The van der Waals surface area contributed by atoms with Crippen LogP contribution in [0, 0.1) is 0 Å². The second-order valence-corrected chi connectivity index (χ2v) is 6.02. The van der Waals surface area contributed by atoms with Gasteiger partial charge >= 0.3 is 5.97 Å². The van der Waals surface area contributed by atoms with Crippen molar-refractivity contribution < 1.29 is 14.3 Å². The van der Waals surface area contributed by atoms with Gasteiger partial charge in [-0.25, -0.2) is 4.79 Å². The standard InChI is InChI=1S/C19H15NO3/c1-19(2)22-17-10-16(20-11-15(17)18(21)23-19)14-8-7-12-5-3-4-6-13(12)9-14/h3-11H,1-2H3. The van der Waals surface area contributed by atoms with Crippen LogP contribution in [0.2, 0.25) is 0 Å². The zero-order valence-electron chi connectivity index (χ0n) is 12.9. The molecule has 3 aromatic rings. The number of esters is 1. The molecule has 0 amide bonds. The molecule has 0 spiro atoms. The van der Waals surface area contributed by atoms with Gasteiger partial charge in [-0.2, -0.15) is 0 Å². The number of benzene rings is 2. The number of nitrogens with zero attached hydrogens (tertiary/aromatic N) is 1. The largest absolute Gasteiger partial charge is 0.452 e. The lowest BCUT2D eigenvalue weighted by atomic mass is 10.0. The Balaban J connectivity index is 1.81. The van der Waals surface area contributed by atoms with Crippen molar-refractivity contribution in [1.29, 1.82) is 0 Å². The number of fused-ring (bicyclic) bond motifs is 2. The first-order chi connectivity index (χ1) is 11.0. The maximum Gasteiger partial charge on any atom is 0.346 e. The van der Waals surface area contributed by atoms with E-state index in [0.29, 0.717) is 11.3 Å². The van der Waals surface area contributed by atoms with E-state index in [1.807, 2.05) is 18.2 Å². The highest BCUT2D eigenvalue weighted by Gasteiger charge is 2.34. The summed E-state index contributed by atoms with van der Waals surface area (Å²) in [5.41, 5.74) is 2.10. The number of rotatable bonds is 1. The highest BCUT2D eigenvalue weighted by molar-refractivity contribution is 5.94. The van der Waals surface area contributed by atoms with Crippen molar-refractivity contribution in [2.24, 2.45) is 0 Å². The monoisotopic (exact) mass is 305 g/mol. The van der Waals surface area contributed by atoms with E-state index in [4.69, 9.17) is 9.47 Å². The van der Waals surface area contributed by atoms with Crippen molar-refractivity contribution in [2.45, 2.75) is 19.6 Å². The summed E-state index contributed by atoms with van der Waals surface area (Å²) in [6.45, 7) is 3.42. The Bertz CT molecular complexity index is 931. The predicted molar refractivity (Wildman–Crippen MR) is 87.3 cm³/mol. The lowest BCUT2D eigenvalue weighted by Gasteiger charge is -2.31. The van der Waals surface area contributed by atoms with Crippen LogP contribution in [0.15, 0.2) is 54.7 Å². The van der Waals surface area contributed by atoms with Gasteiger partial charge in [0.05, 0.1) is 5.69 Å². The third kappa shape index (κ3) is 2.42. The van der Waals surface area contributed by atoms with Crippen LogP contribution in [0.3, 0.4) is 0 Å². The minimum atomic E-state index is -0.966. The van der Waals surface area contributed by atoms with E-state index in [-0.39, 0.29) is 0 Å². The Morgan fingerprint density at radius 1 is 0.957 bits per heavy atom. The van der Waals surface area contributed by atoms with Gasteiger partial charge < -0.3 is 9.47 Å². The smallest absolute Gasteiger partial charge is 0.346 e. The molecule has 23 heavy (non-hydrogen) atoms. The summed E-state index contributed by atoms with van der Waals surface area (Å²) >= 11 is 0. The van der Waals surface area contributed by atoms with Crippen LogP contribution >= 0.6 is 0 Å². The Morgan fingerprint density at radius 3 is 2.57 bits per heavy atom. The number of hydrogen-bond donors (Lipinski definition) is 0. The zero-order valence-corrected chi connectivity index (χ0v) is 12.9. The molecule has 0 saturated heterocycles. The molecule has 0 unspecified atom stereocenters. The molecule has 0 bridgehead atoms. The Kier molecular flexibility index (Phi) is 2.88. The number of cyclic esters (lactones) is 1. The molecule has 2 aromatic carbocycles. The normalized spacial score (nSPS) is 15.7. The zero-order chi connectivity index (χ0) is 16.0. The van der Waals surface area contributed by atoms with Crippen LogP contribution in [0.4, 0.5) is 0 Å². The summed E-state index contributed by atoms with van der Waals surface area (Å²) < 4.78 is 11.0.